The second-order valence-electron chi connectivity index (χ2n) is 4.71. The number of amides is 1. The third-order valence-electron chi connectivity index (χ3n) is 3.14. The molecule has 0 aliphatic rings. The van der Waals surface area contributed by atoms with Crippen molar-refractivity contribution in [3.8, 4) is 5.69 Å². The smallest absolute Gasteiger partial charge is 0.274 e. The van der Waals surface area contributed by atoms with Crippen LogP contribution in [0.1, 0.15) is 16.9 Å². The summed E-state index contributed by atoms with van der Waals surface area (Å²) >= 11 is 0. The fourth-order valence-corrected chi connectivity index (χ4v) is 2.03. The highest BCUT2D eigenvalue weighted by atomic mass is 19.1. The summed E-state index contributed by atoms with van der Waals surface area (Å²) in [5.41, 5.74) is 0.875. The van der Waals surface area contributed by atoms with Crippen molar-refractivity contribution in [1.82, 2.24) is 14.7 Å². The Bertz CT molecular complexity index is 613. The minimum absolute atomic E-state index is 0.0285. The van der Waals surface area contributed by atoms with E-state index < -0.39 is 0 Å². The van der Waals surface area contributed by atoms with Crippen LogP contribution in [0, 0.1) is 5.82 Å². The first-order chi connectivity index (χ1) is 10.7. The van der Waals surface area contributed by atoms with Crippen LogP contribution in [0.15, 0.2) is 36.5 Å². The van der Waals surface area contributed by atoms with Crippen molar-refractivity contribution >= 4 is 5.91 Å². The Balaban J connectivity index is 2.14. The van der Waals surface area contributed by atoms with E-state index in [9.17, 15) is 9.18 Å². The van der Waals surface area contributed by atoms with Crippen molar-refractivity contribution in [2.75, 3.05) is 26.3 Å². The standard InChI is InChI=1S/C15H18FN3O3/c16-12-2-4-13(5-3-12)19-8-6-14(17-19)15(22)18(9-11-21)7-1-10-20/h2-6,8,20-21H,1,7,9-11H2. The van der Waals surface area contributed by atoms with Crippen LogP contribution in [0.4, 0.5) is 4.39 Å². The van der Waals surface area contributed by atoms with Gasteiger partial charge in [-0.2, -0.15) is 5.10 Å². The van der Waals surface area contributed by atoms with Crippen molar-refractivity contribution in [3.63, 3.8) is 0 Å². The van der Waals surface area contributed by atoms with Gasteiger partial charge in [-0.25, -0.2) is 9.07 Å². The van der Waals surface area contributed by atoms with Crippen LogP contribution in [0.2, 0.25) is 0 Å². The van der Waals surface area contributed by atoms with Crippen molar-refractivity contribution in [1.29, 1.82) is 0 Å². The van der Waals surface area contributed by atoms with Crippen molar-refractivity contribution in [3.05, 3.63) is 48.0 Å². The summed E-state index contributed by atoms with van der Waals surface area (Å²) in [6.07, 6.45) is 2.05. The molecule has 0 atom stereocenters. The SMILES string of the molecule is O=C(c1ccn(-c2ccc(F)cc2)n1)N(CCO)CCCO. The maximum absolute atomic E-state index is 12.9. The molecule has 0 unspecified atom stereocenters. The predicted molar refractivity (Wildman–Crippen MR) is 78.2 cm³/mol. The molecular formula is C15H18FN3O3. The van der Waals surface area contributed by atoms with Gasteiger partial charge in [0.1, 0.15) is 5.82 Å². The Hall–Kier alpha value is -2.25. The van der Waals surface area contributed by atoms with Crippen LogP contribution in [-0.2, 0) is 0 Å². The number of carbonyl (C=O) groups excluding carboxylic acids is 1. The van der Waals surface area contributed by atoms with Gasteiger partial charge in [0.05, 0.1) is 12.3 Å². The summed E-state index contributed by atoms with van der Waals surface area (Å²) in [4.78, 5) is 13.8. The molecule has 1 heterocycles. The van der Waals surface area contributed by atoms with Crippen LogP contribution in [0.5, 0.6) is 0 Å². The molecule has 2 rings (SSSR count). The molecule has 0 aliphatic carbocycles. The lowest BCUT2D eigenvalue weighted by Gasteiger charge is -2.20. The highest BCUT2D eigenvalue weighted by molar-refractivity contribution is 5.92. The molecule has 0 saturated carbocycles. The molecule has 1 amide bonds. The van der Waals surface area contributed by atoms with E-state index >= 15 is 0 Å². The number of halogens is 1. The number of hydrogen-bond donors (Lipinski definition) is 2. The molecular weight excluding hydrogens is 289 g/mol. The second-order valence-corrected chi connectivity index (χ2v) is 4.71. The molecule has 22 heavy (non-hydrogen) atoms. The van der Waals surface area contributed by atoms with E-state index in [2.05, 4.69) is 5.10 Å². The number of aliphatic hydroxyl groups excluding tert-OH is 2. The highest BCUT2D eigenvalue weighted by Gasteiger charge is 2.17. The summed E-state index contributed by atoms with van der Waals surface area (Å²) in [5, 5.41) is 22.1. The lowest BCUT2D eigenvalue weighted by Crippen LogP contribution is -2.35. The third-order valence-corrected chi connectivity index (χ3v) is 3.14. The monoisotopic (exact) mass is 307 g/mol. The van der Waals surface area contributed by atoms with E-state index in [0.717, 1.165) is 0 Å². The number of aromatic nitrogens is 2. The van der Waals surface area contributed by atoms with E-state index in [1.54, 1.807) is 24.4 Å². The first kappa shape index (κ1) is 16.1. The van der Waals surface area contributed by atoms with Crippen molar-refractivity contribution in [2.45, 2.75) is 6.42 Å². The third kappa shape index (κ3) is 3.90. The number of nitrogens with zero attached hydrogens (tertiary/aromatic N) is 3. The molecule has 7 heteroatoms. The average molecular weight is 307 g/mol. The first-order valence-corrected chi connectivity index (χ1v) is 6.98. The van der Waals surface area contributed by atoms with Gasteiger partial charge in [-0.05, 0) is 36.8 Å². The molecule has 118 valence electrons. The van der Waals surface area contributed by atoms with Gasteiger partial charge < -0.3 is 15.1 Å². The van der Waals surface area contributed by atoms with Gasteiger partial charge in [0.25, 0.3) is 5.91 Å². The normalized spacial score (nSPS) is 10.7. The minimum Gasteiger partial charge on any atom is -0.396 e. The van der Waals surface area contributed by atoms with E-state index in [1.807, 2.05) is 0 Å². The lowest BCUT2D eigenvalue weighted by molar-refractivity contribution is 0.0703. The van der Waals surface area contributed by atoms with Crippen molar-refractivity contribution < 1.29 is 19.4 Å². The Morgan fingerprint density at radius 3 is 2.50 bits per heavy atom. The van der Waals surface area contributed by atoms with Gasteiger partial charge in [0, 0.05) is 25.9 Å². The van der Waals surface area contributed by atoms with E-state index in [0.29, 0.717) is 18.7 Å². The lowest BCUT2D eigenvalue weighted by atomic mass is 10.3. The van der Waals surface area contributed by atoms with Gasteiger partial charge in [-0.15, -0.1) is 0 Å². The maximum Gasteiger partial charge on any atom is 0.274 e. The molecule has 0 radical (unpaired) electrons. The zero-order chi connectivity index (χ0) is 15.9. The summed E-state index contributed by atoms with van der Waals surface area (Å²) in [5.74, 6) is -0.659. The van der Waals surface area contributed by atoms with Gasteiger partial charge in [0.2, 0.25) is 0 Å². The van der Waals surface area contributed by atoms with Gasteiger partial charge >= 0.3 is 0 Å². The first-order valence-electron chi connectivity index (χ1n) is 6.98. The molecule has 0 aliphatic heterocycles. The summed E-state index contributed by atoms with van der Waals surface area (Å²) in [6.45, 7) is 0.344. The number of aliphatic hydroxyl groups is 2. The quantitative estimate of drug-likeness (QED) is 0.794. The minimum atomic E-state index is -0.342. The summed E-state index contributed by atoms with van der Waals surface area (Å²) < 4.78 is 14.4. The number of rotatable bonds is 7. The van der Waals surface area contributed by atoms with Crippen LogP contribution < -0.4 is 0 Å². The van der Waals surface area contributed by atoms with Crippen LogP contribution in [0.25, 0.3) is 5.69 Å². The number of carbonyl (C=O) groups is 1. The van der Waals surface area contributed by atoms with E-state index in [4.69, 9.17) is 10.2 Å². The Kier molecular flexibility index (Phi) is 5.62. The second kappa shape index (κ2) is 7.67. The molecule has 2 N–H and O–H groups in total. The van der Waals surface area contributed by atoms with E-state index in [1.165, 1.54) is 21.7 Å². The predicted octanol–water partition coefficient (Wildman–Crippen LogP) is 0.828. The van der Waals surface area contributed by atoms with Gasteiger partial charge in [-0.3, -0.25) is 4.79 Å². The Labute approximate surface area is 127 Å². The van der Waals surface area contributed by atoms with Gasteiger partial charge in [-0.1, -0.05) is 0 Å². The van der Waals surface area contributed by atoms with Crippen LogP contribution in [0.3, 0.4) is 0 Å². The fraction of sp³-hybridized carbons (Fsp3) is 0.333. The zero-order valence-corrected chi connectivity index (χ0v) is 12.0. The molecule has 1 aromatic carbocycles. The summed E-state index contributed by atoms with van der Waals surface area (Å²) in [6, 6.07) is 7.33. The average Bonchev–Trinajstić information content (AvgIpc) is 3.01. The molecule has 0 spiro atoms. The molecule has 2 aromatic rings. The molecule has 6 nitrogen and oxygen atoms in total. The largest absolute Gasteiger partial charge is 0.396 e. The van der Waals surface area contributed by atoms with Crippen molar-refractivity contribution in [2.24, 2.45) is 0 Å². The van der Waals surface area contributed by atoms with Gasteiger partial charge in [0.15, 0.2) is 5.69 Å². The molecule has 0 saturated heterocycles. The molecule has 1 aromatic heterocycles. The molecule has 0 bridgehead atoms. The fourth-order valence-electron chi connectivity index (χ4n) is 2.03. The van der Waals surface area contributed by atoms with E-state index in [-0.39, 0.29) is 37.2 Å². The number of benzene rings is 1. The Morgan fingerprint density at radius 1 is 1.14 bits per heavy atom. The van der Waals surface area contributed by atoms with Crippen LogP contribution >= 0.6 is 0 Å². The Morgan fingerprint density at radius 2 is 1.86 bits per heavy atom. The topological polar surface area (TPSA) is 78.6 Å². The molecule has 0 fully saturated rings. The summed E-state index contributed by atoms with van der Waals surface area (Å²) in [7, 11) is 0. The van der Waals surface area contributed by atoms with Crippen LogP contribution in [-0.4, -0.2) is 57.1 Å². The highest BCUT2D eigenvalue weighted by Crippen LogP contribution is 2.10. The maximum atomic E-state index is 12.9. The number of hydrogen-bond acceptors (Lipinski definition) is 4. The zero-order valence-electron chi connectivity index (χ0n) is 12.0.